The van der Waals surface area contributed by atoms with Crippen molar-refractivity contribution in [3.05, 3.63) is 53.2 Å². The van der Waals surface area contributed by atoms with Gasteiger partial charge in [-0.3, -0.25) is 4.79 Å². The lowest BCUT2D eigenvalue weighted by molar-refractivity contribution is 0.102. The van der Waals surface area contributed by atoms with E-state index >= 15 is 0 Å². The molecule has 0 aliphatic carbocycles. The molecule has 18 heavy (non-hydrogen) atoms. The normalized spacial score (nSPS) is 10.1. The van der Waals surface area contributed by atoms with Crippen molar-refractivity contribution in [2.75, 3.05) is 11.1 Å². The SMILES string of the molecule is Cc1ccnc(NC(=O)c2cc(N)ccc2C)c1. The summed E-state index contributed by atoms with van der Waals surface area (Å²) in [5.74, 6) is 0.347. The van der Waals surface area contributed by atoms with E-state index in [1.807, 2.05) is 32.0 Å². The second kappa shape index (κ2) is 4.87. The third kappa shape index (κ3) is 2.66. The lowest BCUT2D eigenvalue weighted by atomic mass is 10.1. The lowest BCUT2D eigenvalue weighted by Gasteiger charge is -2.08. The van der Waals surface area contributed by atoms with Gasteiger partial charge in [0.2, 0.25) is 0 Å². The molecule has 0 aliphatic rings. The van der Waals surface area contributed by atoms with E-state index in [9.17, 15) is 4.79 Å². The van der Waals surface area contributed by atoms with Gasteiger partial charge < -0.3 is 11.1 Å². The Labute approximate surface area is 106 Å². The smallest absolute Gasteiger partial charge is 0.257 e. The Bertz CT molecular complexity index is 593. The van der Waals surface area contributed by atoms with Crippen molar-refractivity contribution in [1.82, 2.24) is 4.98 Å². The van der Waals surface area contributed by atoms with Crippen molar-refractivity contribution in [2.45, 2.75) is 13.8 Å². The van der Waals surface area contributed by atoms with Gasteiger partial charge in [0.25, 0.3) is 5.91 Å². The number of aromatic nitrogens is 1. The summed E-state index contributed by atoms with van der Waals surface area (Å²) in [7, 11) is 0. The van der Waals surface area contributed by atoms with Gasteiger partial charge in [0.15, 0.2) is 0 Å². The van der Waals surface area contributed by atoms with E-state index in [2.05, 4.69) is 10.3 Å². The molecule has 1 heterocycles. The van der Waals surface area contributed by atoms with E-state index in [-0.39, 0.29) is 5.91 Å². The summed E-state index contributed by atoms with van der Waals surface area (Å²) in [5, 5.41) is 2.76. The maximum absolute atomic E-state index is 12.1. The topological polar surface area (TPSA) is 68.0 Å². The van der Waals surface area contributed by atoms with Crippen molar-refractivity contribution >= 4 is 17.4 Å². The van der Waals surface area contributed by atoms with Gasteiger partial charge in [-0.1, -0.05) is 6.07 Å². The number of carbonyl (C=O) groups excluding carboxylic acids is 1. The molecule has 2 aromatic rings. The van der Waals surface area contributed by atoms with Crippen LogP contribution in [0.15, 0.2) is 36.5 Å². The largest absolute Gasteiger partial charge is 0.399 e. The molecule has 4 heteroatoms. The van der Waals surface area contributed by atoms with Crippen LogP contribution in [0, 0.1) is 13.8 Å². The first-order valence-electron chi connectivity index (χ1n) is 5.66. The number of nitrogens with zero attached hydrogens (tertiary/aromatic N) is 1. The van der Waals surface area contributed by atoms with Crippen LogP contribution >= 0.6 is 0 Å². The molecular weight excluding hydrogens is 226 g/mol. The van der Waals surface area contributed by atoms with E-state index in [4.69, 9.17) is 5.73 Å². The first-order valence-corrected chi connectivity index (χ1v) is 5.66. The third-order valence-electron chi connectivity index (χ3n) is 2.66. The van der Waals surface area contributed by atoms with Crippen molar-refractivity contribution in [1.29, 1.82) is 0 Å². The molecule has 1 amide bonds. The van der Waals surface area contributed by atoms with Gasteiger partial charge in [-0.15, -0.1) is 0 Å². The van der Waals surface area contributed by atoms with Crippen LogP contribution in [0.5, 0.6) is 0 Å². The summed E-state index contributed by atoms with van der Waals surface area (Å²) in [5.41, 5.74) is 8.76. The van der Waals surface area contributed by atoms with E-state index in [0.29, 0.717) is 17.1 Å². The molecule has 0 saturated carbocycles. The van der Waals surface area contributed by atoms with Crippen LogP contribution in [-0.4, -0.2) is 10.9 Å². The molecule has 2 rings (SSSR count). The highest BCUT2D eigenvalue weighted by Crippen LogP contribution is 2.15. The predicted molar refractivity (Wildman–Crippen MR) is 72.5 cm³/mol. The summed E-state index contributed by atoms with van der Waals surface area (Å²) in [4.78, 5) is 16.2. The molecule has 1 aromatic heterocycles. The van der Waals surface area contributed by atoms with E-state index in [0.717, 1.165) is 11.1 Å². The molecule has 0 radical (unpaired) electrons. The monoisotopic (exact) mass is 241 g/mol. The summed E-state index contributed by atoms with van der Waals surface area (Å²) in [6.45, 7) is 3.82. The Kier molecular flexibility index (Phi) is 3.28. The van der Waals surface area contributed by atoms with Crippen molar-refractivity contribution < 1.29 is 4.79 Å². The number of benzene rings is 1. The zero-order chi connectivity index (χ0) is 13.1. The number of hydrogen-bond acceptors (Lipinski definition) is 3. The average Bonchev–Trinajstić information content (AvgIpc) is 2.32. The van der Waals surface area contributed by atoms with Crippen molar-refractivity contribution in [2.24, 2.45) is 0 Å². The molecule has 0 bridgehead atoms. The summed E-state index contributed by atoms with van der Waals surface area (Å²) < 4.78 is 0. The molecule has 1 aromatic carbocycles. The minimum Gasteiger partial charge on any atom is -0.399 e. The molecule has 0 fully saturated rings. The molecule has 92 valence electrons. The highest BCUT2D eigenvalue weighted by atomic mass is 16.1. The van der Waals surface area contributed by atoms with Crippen LogP contribution in [0.1, 0.15) is 21.5 Å². The van der Waals surface area contributed by atoms with Gasteiger partial charge in [0.05, 0.1) is 0 Å². The Morgan fingerprint density at radius 3 is 2.72 bits per heavy atom. The lowest BCUT2D eigenvalue weighted by Crippen LogP contribution is -2.14. The zero-order valence-corrected chi connectivity index (χ0v) is 10.4. The number of anilines is 2. The fraction of sp³-hybridized carbons (Fsp3) is 0.143. The van der Waals surface area contributed by atoms with Crippen LogP contribution < -0.4 is 11.1 Å². The molecule has 0 aliphatic heterocycles. The number of carbonyl (C=O) groups is 1. The Morgan fingerprint density at radius 2 is 2.00 bits per heavy atom. The van der Waals surface area contributed by atoms with E-state index in [1.165, 1.54) is 0 Å². The van der Waals surface area contributed by atoms with Gasteiger partial charge in [-0.25, -0.2) is 4.98 Å². The van der Waals surface area contributed by atoms with E-state index in [1.54, 1.807) is 18.3 Å². The molecule has 0 atom stereocenters. The van der Waals surface area contributed by atoms with Crippen LogP contribution in [0.4, 0.5) is 11.5 Å². The number of nitrogens with one attached hydrogen (secondary N) is 1. The van der Waals surface area contributed by atoms with Gasteiger partial charge in [0.1, 0.15) is 5.82 Å². The van der Waals surface area contributed by atoms with Gasteiger partial charge in [-0.05, 0) is 49.2 Å². The second-order valence-corrected chi connectivity index (χ2v) is 4.25. The minimum atomic E-state index is -0.196. The first kappa shape index (κ1) is 12.1. The predicted octanol–water partition coefficient (Wildman–Crippen LogP) is 2.53. The second-order valence-electron chi connectivity index (χ2n) is 4.25. The van der Waals surface area contributed by atoms with Crippen LogP contribution in [0.2, 0.25) is 0 Å². The maximum atomic E-state index is 12.1. The number of rotatable bonds is 2. The summed E-state index contributed by atoms with van der Waals surface area (Å²) in [6.07, 6.45) is 1.66. The molecular formula is C14H15N3O. The molecule has 0 spiro atoms. The van der Waals surface area contributed by atoms with E-state index < -0.39 is 0 Å². The standard InChI is InChI=1S/C14H15N3O/c1-9-5-6-16-13(7-9)17-14(18)12-8-11(15)4-3-10(12)2/h3-8H,15H2,1-2H3,(H,16,17,18). The summed E-state index contributed by atoms with van der Waals surface area (Å²) in [6, 6.07) is 8.96. The molecule has 0 unspecified atom stereocenters. The van der Waals surface area contributed by atoms with Gasteiger partial charge in [-0.2, -0.15) is 0 Å². The number of amides is 1. The van der Waals surface area contributed by atoms with Crippen LogP contribution in [0.25, 0.3) is 0 Å². The number of nitrogens with two attached hydrogens (primary N) is 1. The van der Waals surface area contributed by atoms with Gasteiger partial charge >= 0.3 is 0 Å². The molecule has 4 nitrogen and oxygen atoms in total. The fourth-order valence-electron chi connectivity index (χ4n) is 1.67. The minimum absolute atomic E-state index is 0.196. The summed E-state index contributed by atoms with van der Waals surface area (Å²) >= 11 is 0. The first-order chi connectivity index (χ1) is 8.56. The zero-order valence-electron chi connectivity index (χ0n) is 10.4. The highest BCUT2D eigenvalue weighted by molar-refractivity contribution is 6.05. The molecule has 0 saturated heterocycles. The number of aryl methyl sites for hydroxylation is 2. The Morgan fingerprint density at radius 1 is 1.22 bits per heavy atom. The average molecular weight is 241 g/mol. The number of pyridine rings is 1. The quantitative estimate of drug-likeness (QED) is 0.794. The Balaban J connectivity index is 2.24. The fourth-order valence-corrected chi connectivity index (χ4v) is 1.67. The number of nitrogen functional groups attached to an aromatic ring is 1. The Hall–Kier alpha value is -2.36. The van der Waals surface area contributed by atoms with Crippen molar-refractivity contribution in [3.8, 4) is 0 Å². The number of hydrogen-bond donors (Lipinski definition) is 2. The third-order valence-corrected chi connectivity index (χ3v) is 2.66. The van der Waals surface area contributed by atoms with Crippen molar-refractivity contribution in [3.63, 3.8) is 0 Å². The highest BCUT2D eigenvalue weighted by Gasteiger charge is 2.10. The van der Waals surface area contributed by atoms with Crippen LogP contribution in [-0.2, 0) is 0 Å². The molecule has 3 N–H and O–H groups in total. The van der Waals surface area contributed by atoms with Gasteiger partial charge in [0, 0.05) is 17.4 Å². The maximum Gasteiger partial charge on any atom is 0.257 e. The van der Waals surface area contributed by atoms with Crippen LogP contribution in [0.3, 0.4) is 0 Å².